The van der Waals surface area contributed by atoms with E-state index >= 15 is 0 Å². The van der Waals surface area contributed by atoms with Crippen molar-refractivity contribution in [2.24, 2.45) is 0 Å². The molecule has 1 aromatic carbocycles. The van der Waals surface area contributed by atoms with E-state index in [1.54, 1.807) is 11.8 Å². The predicted molar refractivity (Wildman–Crippen MR) is 83.5 cm³/mol. The molecular formula is C15H20ClN3O2. The van der Waals surface area contributed by atoms with Crippen molar-refractivity contribution in [3.63, 3.8) is 0 Å². The van der Waals surface area contributed by atoms with Gasteiger partial charge in [-0.25, -0.2) is 0 Å². The van der Waals surface area contributed by atoms with Crippen LogP contribution in [0.4, 0.5) is 5.69 Å². The zero-order valence-electron chi connectivity index (χ0n) is 12.1. The van der Waals surface area contributed by atoms with Crippen molar-refractivity contribution < 1.29 is 9.59 Å². The van der Waals surface area contributed by atoms with E-state index in [1.165, 1.54) is 0 Å². The molecule has 2 amide bonds. The number of nitrogens with zero attached hydrogens (tertiary/aromatic N) is 2. The fourth-order valence-corrected chi connectivity index (χ4v) is 2.48. The molecule has 1 saturated heterocycles. The molecule has 1 fully saturated rings. The van der Waals surface area contributed by atoms with Crippen LogP contribution in [0.5, 0.6) is 0 Å². The second-order valence-corrected chi connectivity index (χ2v) is 5.41. The van der Waals surface area contributed by atoms with E-state index in [0.717, 1.165) is 18.8 Å². The van der Waals surface area contributed by atoms with Gasteiger partial charge in [-0.1, -0.05) is 24.6 Å². The van der Waals surface area contributed by atoms with E-state index in [2.05, 4.69) is 10.2 Å². The lowest BCUT2D eigenvalue weighted by molar-refractivity contribution is -0.133. The Hall–Kier alpha value is -1.75. The van der Waals surface area contributed by atoms with Gasteiger partial charge in [-0.15, -0.1) is 0 Å². The molecular weight excluding hydrogens is 290 g/mol. The van der Waals surface area contributed by atoms with Crippen molar-refractivity contribution in [3.05, 3.63) is 29.3 Å². The summed E-state index contributed by atoms with van der Waals surface area (Å²) >= 11 is 6.00. The van der Waals surface area contributed by atoms with Crippen LogP contribution < -0.4 is 10.2 Å². The fraction of sp³-hybridized carbons (Fsp3) is 0.467. The summed E-state index contributed by atoms with van der Waals surface area (Å²) in [6.45, 7) is 4.72. The van der Waals surface area contributed by atoms with Gasteiger partial charge in [-0.3, -0.25) is 9.59 Å². The number of hydrogen-bond acceptors (Lipinski definition) is 3. The van der Waals surface area contributed by atoms with Crippen molar-refractivity contribution in [1.29, 1.82) is 0 Å². The van der Waals surface area contributed by atoms with Crippen LogP contribution in [0.3, 0.4) is 0 Å². The van der Waals surface area contributed by atoms with Crippen molar-refractivity contribution in [2.45, 2.75) is 13.3 Å². The smallest absolute Gasteiger partial charge is 0.242 e. The monoisotopic (exact) mass is 309 g/mol. The third-order valence-corrected chi connectivity index (χ3v) is 3.80. The highest BCUT2D eigenvalue weighted by Gasteiger charge is 2.21. The maximum atomic E-state index is 12.0. The molecule has 1 aliphatic heterocycles. The Morgan fingerprint density at radius 2 is 1.95 bits per heavy atom. The van der Waals surface area contributed by atoms with Gasteiger partial charge in [0.2, 0.25) is 11.8 Å². The topological polar surface area (TPSA) is 52.7 Å². The third kappa shape index (κ3) is 4.36. The summed E-state index contributed by atoms with van der Waals surface area (Å²) in [5.74, 6) is -0.122. The van der Waals surface area contributed by atoms with Crippen LogP contribution in [0.2, 0.25) is 5.02 Å². The summed E-state index contributed by atoms with van der Waals surface area (Å²) in [5.41, 5.74) is 1.08. The number of nitrogens with one attached hydrogen (secondary N) is 1. The molecule has 6 heteroatoms. The van der Waals surface area contributed by atoms with Gasteiger partial charge < -0.3 is 15.1 Å². The minimum Gasteiger partial charge on any atom is -0.368 e. The van der Waals surface area contributed by atoms with Crippen molar-refractivity contribution in [3.8, 4) is 0 Å². The van der Waals surface area contributed by atoms with Crippen molar-refractivity contribution in [2.75, 3.05) is 37.6 Å². The highest BCUT2D eigenvalue weighted by atomic mass is 35.5. The number of hydrogen-bond donors (Lipinski definition) is 1. The molecule has 0 spiro atoms. The first-order valence-electron chi connectivity index (χ1n) is 7.15. The summed E-state index contributed by atoms with van der Waals surface area (Å²) in [6.07, 6.45) is 0.399. The molecule has 1 aliphatic rings. The third-order valence-electron chi connectivity index (χ3n) is 3.56. The summed E-state index contributed by atoms with van der Waals surface area (Å²) < 4.78 is 0. The van der Waals surface area contributed by atoms with E-state index in [4.69, 9.17) is 11.6 Å². The van der Waals surface area contributed by atoms with E-state index in [1.807, 2.05) is 24.3 Å². The molecule has 1 heterocycles. The largest absolute Gasteiger partial charge is 0.368 e. The minimum atomic E-state index is -0.0964. The van der Waals surface area contributed by atoms with Gasteiger partial charge in [0.1, 0.15) is 0 Å². The molecule has 1 aromatic rings. The van der Waals surface area contributed by atoms with Crippen LogP contribution >= 0.6 is 11.6 Å². The van der Waals surface area contributed by atoms with Crippen LogP contribution in [-0.4, -0.2) is 49.4 Å². The maximum Gasteiger partial charge on any atom is 0.242 e. The lowest BCUT2D eigenvalue weighted by Gasteiger charge is -2.36. The summed E-state index contributed by atoms with van der Waals surface area (Å²) in [4.78, 5) is 27.2. The fourth-order valence-electron chi connectivity index (χ4n) is 2.30. The quantitative estimate of drug-likeness (QED) is 0.917. The van der Waals surface area contributed by atoms with Crippen LogP contribution in [0.1, 0.15) is 13.3 Å². The van der Waals surface area contributed by atoms with E-state index in [9.17, 15) is 9.59 Å². The molecule has 0 saturated carbocycles. The molecule has 0 aromatic heterocycles. The highest BCUT2D eigenvalue weighted by Crippen LogP contribution is 2.20. The van der Waals surface area contributed by atoms with Crippen molar-refractivity contribution in [1.82, 2.24) is 10.2 Å². The molecule has 5 nitrogen and oxygen atoms in total. The number of rotatable bonds is 4. The summed E-state index contributed by atoms with van der Waals surface area (Å²) in [5, 5.41) is 3.33. The molecule has 1 N–H and O–H groups in total. The number of piperazine rings is 1. The first-order chi connectivity index (χ1) is 10.1. The number of halogens is 1. The minimum absolute atomic E-state index is 0.0254. The number of amides is 2. The molecule has 0 radical (unpaired) electrons. The van der Waals surface area contributed by atoms with E-state index < -0.39 is 0 Å². The normalized spacial score (nSPS) is 15.0. The lowest BCUT2D eigenvalue weighted by Crippen LogP contribution is -2.51. The SMILES string of the molecule is CCC(=O)NCC(=O)N1CCN(c2cccc(Cl)c2)CC1. The molecule has 114 valence electrons. The van der Waals surface area contributed by atoms with E-state index in [0.29, 0.717) is 24.5 Å². The average molecular weight is 310 g/mol. The number of benzene rings is 1. The van der Waals surface area contributed by atoms with Gasteiger partial charge in [0.15, 0.2) is 0 Å². The summed E-state index contributed by atoms with van der Waals surface area (Å²) in [6, 6.07) is 7.72. The van der Waals surface area contributed by atoms with Crippen molar-refractivity contribution >= 4 is 29.1 Å². The zero-order valence-corrected chi connectivity index (χ0v) is 12.9. The first kappa shape index (κ1) is 15.6. The molecule has 0 unspecified atom stereocenters. The van der Waals surface area contributed by atoms with Crippen LogP contribution in [-0.2, 0) is 9.59 Å². The van der Waals surface area contributed by atoms with Gasteiger partial charge in [0.05, 0.1) is 6.54 Å². The van der Waals surface area contributed by atoms with Gasteiger partial charge in [0.25, 0.3) is 0 Å². The molecule has 0 aliphatic carbocycles. The van der Waals surface area contributed by atoms with Gasteiger partial charge in [-0.2, -0.15) is 0 Å². The van der Waals surface area contributed by atoms with Gasteiger partial charge >= 0.3 is 0 Å². The summed E-state index contributed by atoms with van der Waals surface area (Å²) in [7, 11) is 0. The Bertz CT molecular complexity index is 513. The predicted octanol–water partition coefficient (Wildman–Crippen LogP) is 1.51. The Morgan fingerprint density at radius 1 is 1.24 bits per heavy atom. The Labute approximate surface area is 129 Å². The van der Waals surface area contributed by atoms with E-state index in [-0.39, 0.29) is 18.4 Å². The number of carbonyl (C=O) groups is 2. The highest BCUT2D eigenvalue weighted by molar-refractivity contribution is 6.30. The molecule has 0 bridgehead atoms. The average Bonchev–Trinajstić information content (AvgIpc) is 2.52. The van der Waals surface area contributed by atoms with Gasteiger partial charge in [-0.05, 0) is 18.2 Å². The Morgan fingerprint density at radius 3 is 2.57 bits per heavy atom. The number of anilines is 1. The second-order valence-electron chi connectivity index (χ2n) is 4.98. The zero-order chi connectivity index (χ0) is 15.2. The molecule has 21 heavy (non-hydrogen) atoms. The Kier molecular flexibility index (Phi) is 5.44. The number of carbonyl (C=O) groups excluding carboxylic acids is 2. The lowest BCUT2D eigenvalue weighted by atomic mass is 10.2. The van der Waals surface area contributed by atoms with Crippen LogP contribution in [0, 0.1) is 0 Å². The van der Waals surface area contributed by atoms with Crippen LogP contribution in [0.15, 0.2) is 24.3 Å². The molecule has 0 atom stereocenters. The maximum absolute atomic E-state index is 12.0. The Balaban J connectivity index is 1.83. The van der Waals surface area contributed by atoms with Crippen LogP contribution in [0.25, 0.3) is 0 Å². The second kappa shape index (κ2) is 7.31. The molecule has 2 rings (SSSR count). The van der Waals surface area contributed by atoms with Gasteiger partial charge in [0, 0.05) is 43.3 Å². The first-order valence-corrected chi connectivity index (χ1v) is 7.53. The standard InChI is InChI=1S/C15H20ClN3O2/c1-2-14(20)17-11-15(21)19-8-6-18(7-9-19)13-5-3-4-12(16)10-13/h3-5,10H,2,6-9,11H2,1H3,(H,17,20).